The van der Waals surface area contributed by atoms with Crippen LogP contribution < -0.4 is 14.7 Å². The van der Waals surface area contributed by atoms with Crippen molar-refractivity contribution in [2.75, 3.05) is 21.4 Å². The summed E-state index contributed by atoms with van der Waals surface area (Å²) in [6.45, 7) is 11.6. The molecule has 2 heterocycles. The maximum atomic E-state index is 3.70. The second-order valence-corrected chi connectivity index (χ2v) is 11.0. The topological polar surface area (TPSA) is 9.72 Å². The van der Waals surface area contributed by atoms with Crippen molar-refractivity contribution in [1.82, 2.24) is 0 Å². The third-order valence-corrected chi connectivity index (χ3v) is 7.71. The molecule has 0 amide bonds. The fourth-order valence-electron chi connectivity index (χ4n) is 5.76. The lowest BCUT2D eigenvalue weighted by Crippen LogP contribution is -2.46. The van der Waals surface area contributed by atoms with Crippen molar-refractivity contribution in [3.05, 3.63) is 111 Å². The molecule has 176 valence electrons. The Labute approximate surface area is 216 Å². The first kappa shape index (κ1) is 22.2. The van der Waals surface area contributed by atoms with Gasteiger partial charge in [0.15, 0.2) is 0 Å². The summed E-state index contributed by atoms with van der Waals surface area (Å²) in [6, 6.07) is 27.0. The molecular formula is C31H30BrN3. The number of hydrogen-bond donors (Lipinski definition) is 0. The van der Waals surface area contributed by atoms with Crippen LogP contribution in [-0.4, -0.2) is 6.67 Å². The van der Waals surface area contributed by atoms with Crippen molar-refractivity contribution in [3.8, 4) is 0 Å². The number of benzene rings is 4. The van der Waals surface area contributed by atoms with Gasteiger partial charge >= 0.3 is 0 Å². The van der Waals surface area contributed by atoms with Gasteiger partial charge in [-0.25, -0.2) is 0 Å². The molecule has 3 nitrogen and oxygen atoms in total. The van der Waals surface area contributed by atoms with E-state index in [4.69, 9.17) is 0 Å². The highest BCUT2D eigenvalue weighted by Gasteiger charge is 2.32. The first-order valence-corrected chi connectivity index (χ1v) is 13.0. The molecule has 35 heavy (non-hydrogen) atoms. The summed E-state index contributed by atoms with van der Waals surface area (Å²) in [5.41, 5.74) is 14.4. The standard InChI is InChI=1S/C31H30BrN3/c1-20-5-9-27(10-6-20)35(28-11-7-21(2)8-12-28)29-14-23(4)31-25(16-29)18-34-19-33(31)17-24-15-26(32)13-22(3)30(24)34/h5-16H,17-19H2,1-4H3. The maximum Gasteiger partial charge on any atom is 0.0910 e. The van der Waals surface area contributed by atoms with Crippen LogP contribution in [0.2, 0.25) is 0 Å². The largest absolute Gasteiger partial charge is 0.349 e. The van der Waals surface area contributed by atoms with Crippen LogP contribution in [0.4, 0.5) is 28.4 Å². The Kier molecular flexibility index (Phi) is 5.37. The third kappa shape index (κ3) is 3.90. The lowest BCUT2D eigenvalue weighted by Gasteiger charge is -2.46. The number of rotatable bonds is 3. The molecule has 0 unspecified atom stereocenters. The zero-order chi connectivity index (χ0) is 24.3. The van der Waals surface area contributed by atoms with Crippen LogP contribution in [0.5, 0.6) is 0 Å². The summed E-state index contributed by atoms with van der Waals surface area (Å²) in [6.07, 6.45) is 0. The van der Waals surface area contributed by atoms with Crippen LogP contribution in [0.1, 0.15) is 33.4 Å². The van der Waals surface area contributed by atoms with E-state index in [1.54, 1.807) is 0 Å². The van der Waals surface area contributed by atoms with Gasteiger partial charge in [0.05, 0.1) is 6.67 Å². The molecule has 2 aliphatic rings. The second kappa shape index (κ2) is 8.46. The molecule has 0 fully saturated rings. The highest BCUT2D eigenvalue weighted by molar-refractivity contribution is 9.10. The minimum Gasteiger partial charge on any atom is -0.349 e. The number of aryl methyl sites for hydroxylation is 4. The Morgan fingerprint density at radius 3 is 1.63 bits per heavy atom. The maximum absolute atomic E-state index is 3.70. The van der Waals surface area contributed by atoms with Crippen LogP contribution in [-0.2, 0) is 13.1 Å². The molecule has 0 spiro atoms. The zero-order valence-corrected chi connectivity index (χ0v) is 22.4. The third-order valence-electron chi connectivity index (χ3n) is 7.25. The Morgan fingerprint density at radius 2 is 1.09 bits per heavy atom. The van der Waals surface area contributed by atoms with Crippen LogP contribution in [0, 0.1) is 27.7 Å². The molecule has 0 aromatic heterocycles. The molecule has 6 rings (SSSR count). The van der Waals surface area contributed by atoms with Crippen molar-refractivity contribution in [2.24, 2.45) is 0 Å². The number of hydrogen-bond acceptors (Lipinski definition) is 3. The van der Waals surface area contributed by atoms with Gasteiger partial charge in [-0.3, -0.25) is 0 Å². The molecule has 0 saturated carbocycles. The van der Waals surface area contributed by atoms with Gasteiger partial charge in [-0.05, 0) is 98.5 Å². The quantitative estimate of drug-likeness (QED) is 0.266. The molecule has 0 saturated heterocycles. The van der Waals surface area contributed by atoms with Crippen molar-refractivity contribution >= 4 is 44.4 Å². The van der Waals surface area contributed by atoms with Crippen LogP contribution in [0.3, 0.4) is 0 Å². The Balaban J connectivity index is 1.47. The van der Waals surface area contributed by atoms with Gasteiger partial charge in [0.2, 0.25) is 0 Å². The normalized spacial score (nSPS) is 14.0. The average molecular weight is 525 g/mol. The molecule has 4 heteroatoms. The molecule has 0 atom stereocenters. The molecule has 0 radical (unpaired) electrons. The second-order valence-electron chi connectivity index (χ2n) is 10.0. The lowest BCUT2D eigenvalue weighted by atomic mass is 9.96. The van der Waals surface area contributed by atoms with E-state index in [2.05, 4.69) is 131 Å². The van der Waals surface area contributed by atoms with Crippen molar-refractivity contribution in [1.29, 1.82) is 0 Å². The fourth-order valence-corrected chi connectivity index (χ4v) is 6.38. The zero-order valence-electron chi connectivity index (χ0n) is 20.8. The van der Waals surface area contributed by atoms with E-state index >= 15 is 0 Å². The lowest BCUT2D eigenvalue weighted by molar-refractivity contribution is 0.646. The molecule has 2 aliphatic heterocycles. The smallest absolute Gasteiger partial charge is 0.0910 e. The van der Waals surface area contributed by atoms with E-state index in [0.717, 1.165) is 24.2 Å². The molecule has 0 aliphatic carbocycles. The van der Waals surface area contributed by atoms with Crippen molar-refractivity contribution in [3.63, 3.8) is 0 Å². The minimum absolute atomic E-state index is 0.922. The predicted molar refractivity (Wildman–Crippen MR) is 151 cm³/mol. The Morgan fingerprint density at radius 1 is 0.600 bits per heavy atom. The van der Waals surface area contributed by atoms with Crippen molar-refractivity contribution in [2.45, 2.75) is 40.8 Å². The Hall–Kier alpha value is -3.24. The first-order chi connectivity index (χ1) is 16.9. The Bertz CT molecular complexity index is 1380. The van der Waals surface area contributed by atoms with Gasteiger partial charge in [-0.15, -0.1) is 0 Å². The number of fused-ring (bicyclic) bond motifs is 6. The summed E-state index contributed by atoms with van der Waals surface area (Å²) in [5.74, 6) is 0. The van der Waals surface area contributed by atoms with E-state index in [0.29, 0.717) is 0 Å². The SMILES string of the molecule is Cc1ccc(N(c2ccc(C)cc2)c2cc(C)c3c(c2)CN2CN3Cc3cc(Br)cc(C)c32)cc1. The highest BCUT2D eigenvalue weighted by Crippen LogP contribution is 2.45. The summed E-state index contributed by atoms with van der Waals surface area (Å²) in [4.78, 5) is 7.46. The first-order valence-electron chi connectivity index (χ1n) is 12.2. The molecule has 0 N–H and O–H groups in total. The van der Waals surface area contributed by atoms with Gasteiger partial charge in [0.25, 0.3) is 0 Å². The van der Waals surface area contributed by atoms with Crippen molar-refractivity contribution < 1.29 is 0 Å². The summed E-state index contributed by atoms with van der Waals surface area (Å²) >= 11 is 3.70. The van der Waals surface area contributed by atoms with E-state index in [-0.39, 0.29) is 0 Å². The molecule has 4 aromatic rings. The predicted octanol–water partition coefficient (Wildman–Crippen LogP) is 8.45. The number of halogens is 1. The fraction of sp³-hybridized carbons (Fsp3) is 0.226. The monoisotopic (exact) mass is 523 g/mol. The number of anilines is 5. The van der Waals surface area contributed by atoms with E-state index in [1.807, 2.05) is 0 Å². The van der Waals surface area contributed by atoms with Gasteiger partial charge in [0, 0.05) is 46.0 Å². The molecular weight excluding hydrogens is 494 g/mol. The van der Waals surface area contributed by atoms with Gasteiger partial charge in [-0.2, -0.15) is 0 Å². The van der Waals surface area contributed by atoms with Gasteiger partial charge in [-0.1, -0.05) is 51.3 Å². The van der Waals surface area contributed by atoms with Crippen LogP contribution in [0.25, 0.3) is 0 Å². The van der Waals surface area contributed by atoms with E-state index < -0.39 is 0 Å². The van der Waals surface area contributed by atoms with Gasteiger partial charge in [0.1, 0.15) is 0 Å². The average Bonchev–Trinajstić information content (AvgIpc) is 2.81. The summed E-state index contributed by atoms with van der Waals surface area (Å²) < 4.78 is 1.16. The van der Waals surface area contributed by atoms with Crippen LogP contribution >= 0.6 is 15.9 Å². The number of nitrogens with zero attached hydrogens (tertiary/aromatic N) is 3. The van der Waals surface area contributed by atoms with E-state index in [9.17, 15) is 0 Å². The molecule has 2 bridgehead atoms. The van der Waals surface area contributed by atoms with Gasteiger partial charge < -0.3 is 14.7 Å². The van der Waals surface area contributed by atoms with E-state index in [1.165, 1.54) is 61.8 Å². The summed E-state index contributed by atoms with van der Waals surface area (Å²) in [7, 11) is 0. The highest BCUT2D eigenvalue weighted by atomic mass is 79.9. The van der Waals surface area contributed by atoms with Crippen LogP contribution in [0.15, 0.2) is 77.3 Å². The summed E-state index contributed by atoms with van der Waals surface area (Å²) in [5, 5.41) is 0. The molecule has 4 aromatic carbocycles. The minimum atomic E-state index is 0.922.